The van der Waals surface area contributed by atoms with Crippen LogP contribution in [0.15, 0.2) is 24.5 Å². The molecule has 0 radical (unpaired) electrons. The molecule has 1 aliphatic rings. The molecule has 2 atom stereocenters. The summed E-state index contributed by atoms with van der Waals surface area (Å²) in [5.41, 5.74) is 1.20. The second kappa shape index (κ2) is 6.49. The molecular formula is C16H17ClN6O. The van der Waals surface area contributed by atoms with E-state index < -0.39 is 0 Å². The van der Waals surface area contributed by atoms with Crippen molar-refractivity contribution < 1.29 is 4.79 Å². The van der Waals surface area contributed by atoms with Crippen LogP contribution in [0.25, 0.3) is 0 Å². The van der Waals surface area contributed by atoms with Crippen molar-refractivity contribution >= 4 is 23.3 Å². The van der Waals surface area contributed by atoms with Crippen molar-refractivity contribution in [2.45, 2.75) is 12.5 Å². The first kappa shape index (κ1) is 16.3. The molecule has 8 heteroatoms. The standard InChI is InChI=1S/C16H17ClN6O/c1-22-9-11(8-20-22)16-10(5-15(24)23(16)2)7-19-14-4-3-12(17)13(6-18)21-14/h3-4,8-10,16H,5,7H2,1-2H3,(H,19,21)/t10-,16+/m0/s1. The van der Waals surface area contributed by atoms with Crippen LogP contribution in [0.5, 0.6) is 0 Å². The molecule has 0 saturated carbocycles. The lowest BCUT2D eigenvalue weighted by Crippen LogP contribution is -2.26. The maximum Gasteiger partial charge on any atom is 0.223 e. The number of halogens is 1. The van der Waals surface area contributed by atoms with Crippen LogP contribution in [-0.4, -0.2) is 39.2 Å². The largest absolute Gasteiger partial charge is 0.370 e. The predicted molar refractivity (Wildman–Crippen MR) is 89.3 cm³/mol. The van der Waals surface area contributed by atoms with Gasteiger partial charge in [-0.1, -0.05) is 11.6 Å². The van der Waals surface area contributed by atoms with Crippen molar-refractivity contribution in [1.82, 2.24) is 19.7 Å². The van der Waals surface area contributed by atoms with Crippen molar-refractivity contribution in [2.24, 2.45) is 13.0 Å². The smallest absolute Gasteiger partial charge is 0.223 e. The molecule has 7 nitrogen and oxygen atoms in total. The number of rotatable bonds is 4. The quantitative estimate of drug-likeness (QED) is 0.916. The van der Waals surface area contributed by atoms with Gasteiger partial charge in [-0.05, 0) is 12.1 Å². The molecule has 0 bridgehead atoms. The zero-order valence-corrected chi connectivity index (χ0v) is 14.2. The van der Waals surface area contributed by atoms with Gasteiger partial charge in [0.25, 0.3) is 0 Å². The third-order valence-corrected chi connectivity index (χ3v) is 4.56. The fraction of sp³-hybridized carbons (Fsp3) is 0.375. The fourth-order valence-corrected chi connectivity index (χ4v) is 3.23. The van der Waals surface area contributed by atoms with E-state index in [9.17, 15) is 4.79 Å². The van der Waals surface area contributed by atoms with Crippen molar-refractivity contribution in [1.29, 1.82) is 5.26 Å². The molecule has 1 amide bonds. The van der Waals surface area contributed by atoms with Crippen LogP contribution >= 0.6 is 11.6 Å². The van der Waals surface area contributed by atoms with Gasteiger partial charge in [0.2, 0.25) is 5.91 Å². The van der Waals surface area contributed by atoms with E-state index in [1.54, 1.807) is 27.9 Å². The zero-order chi connectivity index (χ0) is 17.3. The third kappa shape index (κ3) is 3.05. The Labute approximate surface area is 144 Å². The minimum absolute atomic E-state index is 0.0264. The second-order valence-corrected chi connectivity index (χ2v) is 6.29. The van der Waals surface area contributed by atoms with Gasteiger partial charge >= 0.3 is 0 Å². The van der Waals surface area contributed by atoms with Gasteiger partial charge in [-0.3, -0.25) is 9.48 Å². The number of hydrogen-bond donors (Lipinski definition) is 1. The van der Waals surface area contributed by atoms with E-state index in [1.807, 2.05) is 26.4 Å². The Hall–Kier alpha value is -2.59. The highest BCUT2D eigenvalue weighted by molar-refractivity contribution is 6.31. The van der Waals surface area contributed by atoms with Crippen LogP contribution in [0.2, 0.25) is 5.02 Å². The van der Waals surface area contributed by atoms with Gasteiger partial charge in [-0.25, -0.2) is 4.98 Å². The Morgan fingerprint density at radius 1 is 1.46 bits per heavy atom. The molecule has 1 aliphatic heterocycles. The maximum absolute atomic E-state index is 12.1. The lowest BCUT2D eigenvalue weighted by atomic mass is 9.96. The molecule has 2 aromatic heterocycles. The summed E-state index contributed by atoms with van der Waals surface area (Å²) in [5.74, 6) is 0.773. The number of aromatic nitrogens is 3. The van der Waals surface area contributed by atoms with E-state index in [2.05, 4.69) is 15.4 Å². The first-order valence-corrected chi connectivity index (χ1v) is 7.92. The number of pyridine rings is 1. The summed E-state index contributed by atoms with van der Waals surface area (Å²) in [5, 5.41) is 16.7. The monoisotopic (exact) mass is 344 g/mol. The number of hydrogen-bond acceptors (Lipinski definition) is 5. The van der Waals surface area contributed by atoms with Crippen LogP contribution in [0.4, 0.5) is 5.82 Å². The number of nitrogens with one attached hydrogen (secondary N) is 1. The lowest BCUT2D eigenvalue weighted by Gasteiger charge is -2.24. The fourth-order valence-electron chi connectivity index (χ4n) is 3.08. The first-order valence-electron chi connectivity index (χ1n) is 7.54. The minimum Gasteiger partial charge on any atom is -0.370 e. The molecular weight excluding hydrogens is 328 g/mol. The second-order valence-electron chi connectivity index (χ2n) is 5.88. The number of nitriles is 1. The van der Waals surface area contributed by atoms with Gasteiger partial charge in [-0.15, -0.1) is 0 Å². The minimum atomic E-state index is -0.0264. The van der Waals surface area contributed by atoms with Crippen LogP contribution in [0, 0.1) is 17.2 Å². The molecule has 24 heavy (non-hydrogen) atoms. The van der Waals surface area contributed by atoms with Crippen LogP contribution in [-0.2, 0) is 11.8 Å². The SMILES string of the molecule is CN1C(=O)C[C@@H](CNc2ccc(Cl)c(C#N)n2)[C@@H]1c1cnn(C)c1. The number of nitrogens with zero attached hydrogens (tertiary/aromatic N) is 5. The number of carbonyl (C=O) groups is 1. The first-order chi connectivity index (χ1) is 11.5. The Morgan fingerprint density at radius 3 is 2.92 bits per heavy atom. The van der Waals surface area contributed by atoms with Gasteiger partial charge in [0.15, 0.2) is 5.69 Å². The molecule has 0 aromatic carbocycles. The molecule has 124 valence electrons. The molecule has 3 rings (SSSR count). The maximum atomic E-state index is 12.1. The average molecular weight is 345 g/mol. The summed E-state index contributed by atoms with van der Waals surface area (Å²) in [7, 11) is 3.67. The van der Waals surface area contributed by atoms with Gasteiger partial charge in [0, 0.05) is 44.7 Å². The molecule has 0 aliphatic carbocycles. The number of amides is 1. The van der Waals surface area contributed by atoms with E-state index in [-0.39, 0.29) is 23.6 Å². The topological polar surface area (TPSA) is 86.8 Å². The van der Waals surface area contributed by atoms with Gasteiger partial charge in [0.05, 0.1) is 17.3 Å². The summed E-state index contributed by atoms with van der Waals surface area (Å²) < 4.78 is 1.73. The van der Waals surface area contributed by atoms with E-state index in [0.29, 0.717) is 23.8 Å². The highest BCUT2D eigenvalue weighted by Crippen LogP contribution is 2.36. The molecule has 3 heterocycles. The summed E-state index contributed by atoms with van der Waals surface area (Å²) in [4.78, 5) is 18.1. The van der Waals surface area contributed by atoms with E-state index >= 15 is 0 Å². The highest BCUT2D eigenvalue weighted by atomic mass is 35.5. The van der Waals surface area contributed by atoms with Crippen LogP contribution in [0.1, 0.15) is 23.7 Å². The third-order valence-electron chi connectivity index (χ3n) is 4.26. The molecule has 0 unspecified atom stereocenters. The Kier molecular flexibility index (Phi) is 4.40. The summed E-state index contributed by atoms with van der Waals surface area (Å²) >= 11 is 5.89. The Balaban J connectivity index is 1.76. The molecule has 2 aromatic rings. The lowest BCUT2D eigenvalue weighted by molar-refractivity contribution is -0.127. The Bertz CT molecular complexity index is 811. The average Bonchev–Trinajstić information content (AvgIpc) is 3.10. The summed E-state index contributed by atoms with van der Waals surface area (Å²) in [6.07, 6.45) is 4.18. The summed E-state index contributed by atoms with van der Waals surface area (Å²) in [6.45, 7) is 0.565. The van der Waals surface area contributed by atoms with E-state index in [4.69, 9.17) is 16.9 Å². The number of likely N-dealkylation sites (tertiary alicyclic amines) is 1. The molecule has 1 fully saturated rings. The van der Waals surface area contributed by atoms with E-state index in [1.165, 1.54) is 0 Å². The molecule has 0 spiro atoms. The normalized spacial score (nSPS) is 20.2. The number of anilines is 1. The van der Waals surface area contributed by atoms with Crippen LogP contribution < -0.4 is 5.32 Å². The van der Waals surface area contributed by atoms with Gasteiger partial charge in [-0.2, -0.15) is 10.4 Å². The summed E-state index contributed by atoms with van der Waals surface area (Å²) in [6, 6.07) is 5.30. The zero-order valence-electron chi connectivity index (χ0n) is 13.4. The molecule has 1 N–H and O–H groups in total. The molecule has 1 saturated heterocycles. The Morgan fingerprint density at radius 2 is 2.25 bits per heavy atom. The highest BCUT2D eigenvalue weighted by Gasteiger charge is 2.38. The van der Waals surface area contributed by atoms with E-state index in [0.717, 1.165) is 5.56 Å². The van der Waals surface area contributed by atoms with Crippen molar-refractivity contribution in [3.05, 3.63) is 40.8 Å². The number of carbonyl (C=O) groups excluding carboxylic acids is 1. The van der Waals surface area contributed by atoms with Crippen molar-refractivity contribution in [3.8, 4) is 6.07 Å². The van der Waals surface area contributed by atoms with Gasteiger partial charge < -0.3 is 10.2 Å². The van der Waals surface area contributed by atoms with Crippen LogP contribution in [0.3, 0.4) is 0 Å². The van der Waals surface area contributed by atoms with Gasteiger partial charge in [0.1, 0.15) is 11.9 Å². The number of aryl methyl sites for hydroxylation is 1. The van der Waals surface area contributed by atoms with Crippen molar-refractivity contribution in [2.75, 3.05) is 18.9 Å². The predicted octanol–water partition coefficient (Wildman–Crippen LogP) is 1.97. The van der Waals surface area contributed by atoms with Crippen molar-refractivity contribution in [3.63, 3.8) is 0 Å².